The molecule has 0 aliphatic rings. The lowest BCUT2D eigenvalue weighted by Gasteiger charge is -2.21. The summed E-state index contributed by atoms with van der Waals surface area (Å²) >= 11 is 3.38. The number of Topliss-reactive ketones (excluding diaryl/α,β-unsaturated/α-hetero) is 1. The van der Waals surface area contributed by atoms with Crippen LogP contribution in [0.2, 0.25) is 0 Å². The lowest BCUT2D eigenvalue weighted by molar-refractivity contribution is 0.0980. The van der Waals surface area contributed by atoms with Crippen molar-refractivity contribution in [2.75, 3.05) is 23.3 Å². The quantitative estimate of drug-likeness (QED) is 0.406. The van der Waals surface area contributed by atoms with Gasteiger partial charge >= 0.3 is 0 Å². The Kier molecular flexibility index (Phi) is 7.02. The first-order valence-corrected chi connectivity index (χ1v) is 7.79. The third-order valence-corrected chi connectivity index (χ3v) is 3.67. The van der Waals surface area contributed by atoms with Crippen LogP contribution in [0.1, 0.15) is 43.5 Å². The minimum absolute atomic E-state index is 0.252. The van der Waals surface area contributed by atoms with Crippen LogP contribution in [0, 0.1) is 0 Å². The lowest BCUT2D eigenvalue weighted by atomic mass is 10.1. The van der Waals surface area contributed by atoms with Crippen molar-refractivity contribution in [3.63, 3.8) is 0 Å². The van der Waals surface area contributed by atoms with Crippen LogP contribution in [0.3, 0.4) is 0 Å². The van der Waals surface area contributed by atoms with Gasteiger partial charge in [0.2, 0.25) is 0 Å². The number of alkyl halides is 1. The summed E-state index contributed by atoms with van der Waals surface area (Å²) in [6.07, 6.45) is 2.67. The molecule has 0 N–H and O–H groups in total. The van der Waals surface area contributed by atoms with Gasteiger partial charge < -0.3 is 4.90 Å². The number of halogens is 1. The van der Waals surface area contributed by atoms with Gasteiger partial charge in [-0.1, -0.05) is 15.9 Å². The molecule has 0 aromatic heterocycles. The number of unbranched alkanes of at least 4 members (excludes halogenated alkanes) is 1. The number of hydrogen-bond acceptors (Lipinski definition) is 2. The molecule has 0 spiro atoms. The zero-order chi connectivity index (χ0) is 13.4. The van der Waals surface area contributed by atoms with Gasteiger partial charge in [0, 0.05) is 36.1 Å². The maximum atomic E-state index is 11.9. The monoisotopic (exact) mass is 311 g/mol. The molecule has 1 rings (SSSR count). The number of hydrogen-bond donors (Lipinski definition) is 0. The van der Waals surface area contributed by atoms with Crippen molar-refractivity contribution >= 4 is 27.4 Å². The Bertz CT molecular complexity index is 357. The van der Waals surface area contributed by atoms with Gasteiger partial charge in [0.05, 0.1) is 0 Å². The summed E-state index contributed by atoms with van der Waals surface area (Å²) in [6, 6.07) is 7.99. The second-order valence-electron chi connectivity index (χ2n) is 4.29. The van der Waals surface area contributed by atoms with Crippen molar-refractivity contribution in [3.8, 4) is 0 Å². The number of anilines is 1. The first-order valence-electron chi connectivity index (χ1n) is 6.67. The molecule has 0 saturated carbocycles. The first-order chi connectivity index (χ1) is 8.72. The molecule has 100 valence electrons. The number of nitrogens with zero attached hydrogens (tertiary/aromatic N) is 1. The molecule has 0 saturated heterocycles. The molecule has 18 heavy (non-hydrogen) atoms. The summed E-state index contributed by atoms with van der Waals surface area (Å²) in [5.41, 5.74) is 2.03. The molecule has 1 aromatic rings. The number of carbonyl (C=O) groups excluding carboxylic acids is 1. The fraction of sp³-hybridized carbons (Fsp3) is 0.533. The summed E-state index contributed by atoms with van der Waals surface area (Å²) in [4.78, 5) is 14.2. The number of benzene rings is 1. The zero-order valence-corrected chi connectivity index (χ0v) is 12.9. The van der Waals surface area contributed by atoms with Crippen LogP contribution in [0.5, 0.6) is 0 Å². The van der Waals surface area contributed by atoms with Gasteiger partial charge in [-0.25, -0.2) is 0 Å². The Balaban J connectivity index is 2.61. The highest BCUT2D eigenvalue weighted by Crippen LogP contribution is 2.16. The Morgan fingerprint density at radius 1 is 1.11 bits per heavy atom. The third-order valence-electron chi connectivity index (χ3n) is 3.11. The molecule has 3 heteroatoms. The van der Waals surface area contributed by atoms with E-state index in [4.69, 9.17) is 0 Å². The molecule has 0 fully saturated rings. The highest BCUT2D eigenvalue weighted by molar-refractivity contribution is 9.09. The minimum atomic E-state index is 0.252. The largest absolute Gasteiger partial charge is 0.372 e. The van der Waals surface area contributed by atoms with Gasteiger partial charge in [-0.05, 0) is 51.0 Å². The molecule has 0 aliphatic heterocycles. The highest BCUT2D eigenvalue weighted by Gasteiger charge is 2.07. The van der Waals surface area contributed by atoms with Gasteiger partial charge in [0.1, 0.15) is 0 Å². The van der Waals surface area contributed by atoms with Crippen molar-refractivity contribution < 1.29 is 4.79 Å². The van der Waals surface area contributed by atoms with E-state index in [1.807, 2.05) is 24.3 Å². The molecule has 0 atom stereocenters. The zero-order valence-electron chi connectivity index (χ0n) is 11.3. The van der Waals surface area contributed by atoms with E-state index in [-0.39, 0.29) is 5.78 Å². The summed E-state index contributed by atoms with van der Waals surface area (Å²) in [5, 5.41) is 0.973. The molecule has 2 nitrogen and oxygen atoms in total. The summed E-state index contributed by atoms with van der Waals surface area (Å²) < 4.78 is 0. The molecule has 0 radical (unpaired) electrons. The lowest BCUT2D eigenvalue weighted by Crippen LogP contribution is -2.21. The molecule has 0 amide bonds. The normalized spacial score (nSPS) is 10.4. The maximum Gasteiger partial charge on any atom is 0.162 e. The minimum Gasteiger partial charge on any atom is -0.372 e. The molecule has 0 bridgehead atoms. The summed E-state index contributed by atoms with van der Waals surface area (Å²) in [6.45, 7) is 6.27. The Morgan fingerprint density at radius 3 is 2.22 bits per heavy atom. The second kappa shape index (κ2) is 8.30. The standard InChI is InChI=1S/C15H22BrNO/c1-3-17(4-2)14-10-8-13(9-11-14)15(18)7-5-6-12-16/h8-11H,3-7,12H2,1-2H3. The molecule has 1 aromatic carbocycles. The number of ketones is 1. The third kappa shape index (κ3) is 4.45. The van der Waals surface area contributed by atoms with E-state index in [0.717, 1.165) is 36.8 Å². The van der Waals surface area contributed by atoms with Gasteiger partial charge in [-0.2, -0.15) is 0 Å². The second-order valence-corrected chi connectivity index (χ2v) is 5.08. The van der Waals surface area contributed by atoms with Crippen molar-refractivity contribution in [2.45, 2.75) is 33.1 Å². The van der Waals surface area contributed by atoms with E-state index < -0.39 is 0 Å². The Labute approximate surface area is 119 Å². The van der Waals surface area contributed by atoms with Crippen molar-refractivity contribution in [1.29, 1.82) is 0 Å². The Hall–Kier alpha value is -0.830. The summed E-state index contributed by atoms with van der Waals surface area (Å²) in [7, 11) is 0. The van der Waals surface area contributed by atoms with Crippen molar-refractivity contribution in [2.24, 2.45) is 0 Å². The highest BCUT2D eigenvalue weighted by atomic mass is 79.9. The van der Waals surface area contributed by atoms with Crippen LogP contribution in [0.4, 0.5) is 5.69 Å². The molecule has 0 heterocycles. The molecule has 0 unspecified atom stereocenters. The van der Waals surface area contributed by atoms with E-state index in [2.05, 4.69) is 34.7 Å². The maximum absolute atomic E-state index is 11.9. The molecule has 0 aliphatic carbocycles. The van der Waals surface area contributed by atoms with Gasteiger partial charge in [0.25, 0.3) is 0 Å². The first kappa shape index (κ1) is 15.2. The van der Waals surface area contributed by atoms with Crippen LogP contribution in [0.15, 0.2) is 24.3 Å². The molecular formula is C15H22BrNO. The van der Waals surface area contributed by atoms with E-state index in [9.17, 15) is 4.79 Å². The van der Waals surface area contributed by atoms with Gasteiger partial charge in [-0.3, -0.25) is 4.79 Å². The summed E-state index contributed by atoms with van der Waals surface area (Å²) in [5.74, 6) is 0.252. The Morgan fingerprint density at radius 2 is 1.72 bits per heavy atom. The average molecular weight is 312 g/mol. The van der Waals surface area contributed by atoms with Gasteiger partial charge in [-0.15, -0.1) is 0 Å². The van der Waals surface area contributed by atoms with Crippen LogP contribution in [0.25, 0.3) is 0 Å². The van der Waals surface area contributed by atoms with Crippen LogP contribution in [-0.4, -0.2) is 24.2 Å². The number of rotatable bonds is 8. The van der Waals surface area contributed by atoms with E-state index in [1.54, 1.807) is 0 Å². The van der Waals surface area contributed by atoms with Crippen LogP contribution < -0.4 is 4.90 Å². The number of carbonyl (C=O) groups is 1. The van der Waals surface area contributed by atoms with Crippen molar-refractivity contribution in [3.05, 3.63) is 29.8 Å². The smallest absolute Gasteiger partial charge is 0.162 e. The van der Waals surface area contributed by atoms with E-state index in [0.29, 0.717) is 6.42 Å². The topological polar surface area (TPSA) is 20.3 Å². The van der Waals surface area contributed by atoms with Crippen LogP contribution >= 0.6 is 15.9 Å². The van der Waals surface area contributed by atoms with Gasteiger partial charge in [0.15, 0.2) is 5.78 Å². The average Bonchev–Trinajstić information content (AvgIpc) is 2.41. The van der Waals surface area contributed by atoms with E-state index >= 15 is 0 Å². The SMILES string of the molecule is CCN(CC)c1ccc(C(=O)CCCCBr)cc1. The van der Waals surface area contributed by atoms with Crippen LogP contribution in [-0.2, 0) is 0 Å². The van der Waals surface area contributed by atoms with Crippen molar-refractivity contribution in [1.82, 2.24) is 0 Å². The van der Waals surface area contributed by atoms with E-state index in [1.165, 1.54) is 5.69 Å². The predicted molar refractivity (Wildman–Crippen MR) is 82.0 cm³/mol. The predicted octanol–water partition coefficient (Wildman–Crippen LogP) is 4.28. The fourth-order valence-electron chi connectivity index (χ4n) is 1.97. The fourth-order valence-corrected chi connectivity index (χ4v) is 2.37. The molecular weight excluding hydrogens is 290 g/mol.